The van der Waals surface area contributed by atoms with E-state index in [1.807, 2.05) is 6.07 Å². The predicted octanol–water partition coefficient (Wildman–Crippen LogP) is 1.44. The Bertz CT molecular complexity index is 481. The molecule has 1 aromatic carbocycles. The van der Waals surface area contributed by atoms with Crippen LogP contribution >= 0.6 is 0 Å². The maximum atomic E-state index is 8.78. The van der Waals surface area contributed by atoms with E-state index in [-0.39, 0.29) is 0 Å². The number of para-hydroxylation sites is 1. The molecular formula is C9H7N3O. The van der Waals surface area contributed by atoms with E-state index in [2.05, 4.69) is 16.3 Å². The van der Waals surface area contributed by atoms with E-state index < -0.39 is 0 Å². The number of nitriles is 1. The summed E-state index contributed by atoms with van der Waals surface area (Å²) in [5.74, 6) is 0.520. The number of methoxy groups -OCH3 is 1. The number of nitrogens with zero attached hydrogens (tertiary/aromatic N) is 2. The van der Waals surface area contributed by atoms with Crippen LogP contribution in [-0.2, 0) is 0 Å². The SMILES string of the molecule is COc1n[nH]c2c(C#N)cccc12. The number of aromatic amines is 1. The summed E-state index contributed by atoms with van der Waals surface area (Å²) in [6.07, 6.45) is 0. The summed E-state index contributed by atoms with van der Waals surface area (Å²) in [6, 6.07) is 7.48. The molecule has 0 saturated carbocycles. The maximum Gasteiger partial charge on any atom is 0.240 e. The van der Waals surface area contributed by atoms with Crippen LogP contribution in [0.4, 0.5) is 0 Å². The highest BCUT2D eigenvalue weighted by atomic mass is 16.5. The summed E-state index contributed by atoms with van der Waals surface area (Å²) >= 11 is 0. The van der Waals surface area contributed by atoms with Gasteiger partial charge >= 0.3 is 0 Å². The Kier molecular flexibility index (Phi) is 1.64. The first-order valence-electron chi connectivity index (χ1n) is 3.78. The molecule has 4 heteroatoms. The Hall–Kier alpha value is -2.02. The largest absolute Gasteiger partial charge is 0.480 e. The van der Waals surface area contributed by atoms with Crippen molar-refractivity contribution in [2.45, 2.75) is 0 Å². The van der Waals surface area contributed by atoms with Crippen LogP contribution in [0, 0.1) is 11.3 Å². The monoisotopic (exact) mass is 173 g/mol. The molecule has 0 saturated heterocycles. The van der Waals surface area contributed by atoms with Crippen molar-refractivity contribution in [3.8, 4) is 11.9 Å². The zero-order chi connectivity index (χ0) is 9.26. The maximum absolute atomic E-state index is 8.78. The lowest BCUT2D eigenvalue weighted by molar-refractivity contribution is 0.401. The second-order valence-corrected chi connectivity index (χ2v) is 2.57. The van der Waals surface area contributed by atoms with Crippen LogP contribution in [0.2, 0.25) is 0 Å². The minimum atomic E-state index is 0.520. The third kappa shape index (κ3) is 1.02. The molecule has 0 aliphatic rings. The van der Waals surface area contributed by atoms with E-state index in [0.29, 0.717) is 11.4 Å². The number of hydrogen-bond acceptors (Lipinski definition) is 3. The number of benzene rings is 1. The van der Waals surface area contributed by atoms with Crippen molar-refractivity contribution >= 4 is 10.9 Å². The lowest BCUT2D eigenvalue weighted by Gasteiger charge is -1.93. The fourth-order valence-corrected chi connectivity index (χ4v) is 1.27. The van der Waals surface area contributed by atoms with Gasteiger partial charge in [-0.1, -0.05) is 6.07 Å². The fourth-order valence-electron chi connectivity index (χ4n) is 1.27. The standard InChI is InChI=1S/C9H7N3O/c1-13-9-7-4-2-3-6(5-10)8(7)11-12-9/h2-4H,1H3,(H,11,12). The molecule has 0 aliphatic heterocycles. The molecule has 1 N–H and O–H groups in total. The average molecular weight is 173 g/mol. The lowest BCUT2D eigenvalue weighted by atomic mass is 10.1. The molecule has 0 amide bonds. The minimum Gasteiger partial charge on any atom is -0.480 e. The van der Waals surface area contributed by atoms with Gasteiger partial charge in [0.05, 0.1) is 23.6 Å². The van der Waals surface area contributed by atoms with Crippen LogP contribution in [0.15, 0.2) is 18.2 Å². The highest BCUT2D eigenvalue weighted by Gasteiger charge is 2.07. The molecule has 0 fully saturated rings. The summed E-state index contributed by atoms with van der Waals surface area (Å²) in [4.78, 5) is 0. The number of ether oxygens (including phenoxy) is 1. The number of H-pyrrole nitrogens is 1. The molecule has 2 aromatic rings. The van der Waals surface area contributed by atoms with E-state index in [9.17, 15) is 0 Å². The van der Waals surface area contributed by atoms with Crippen LogP contribution in [0.1, 0.15) is 5.56 Å². The molecular weight excluding hydrogens is 166 g/mol. The van der Waals surface area contributed by atoms with E-state index in [0.717, 1.165) is 10.9 Å². The van der Waals surface area contributed by atoms with E-state index in [4.69, 9.17) is 10.00 Å². The number of nitrogens with one attached hydrogen (secondary N) is 1. The highest BCUT2D eigenvalue weighted by molar-refractivity contribution is 5.88. The molecule has 0 bridgehead atoms. The molecule has 0 aliphatic carbocycles. The van der Waals surface area contributed by atoms with Gasteiger partial charge in [-0.2, -0.15) is 5.26 Å². The quantitative estimate of drug-likeness (QED) is 0.709. The van der Waals surface area contributed by atoms with Gasteiger partial charge < -0.3 is 4.74 Å². The Morgan fingerprint density at radius 2 is 2.38 bits per heavy atom. The molecule has 0 spiro atoms. The zero-order valence-corrected chi connectivity index (χ0v) is 7.03. The third-order valence-electron chi connectivity index (χ3n) is 1.88. The fraction of sp³-hybridized carbons (Fsp3) is 0.111. The molecule has 1 heterocycles. The van der Waals surface area contributed by atoms with Gasteiger partial charge in [-0.05, 0) is 12.1 Å². The first kappa shape index (κ1) is 7.62. The third-order valence-corrected chi connectivity index (χ3v) is 1.88. The van der Waals surface area contributed by atoms with Crippen molar-refractivity contribution < 1.29 is 4.74 Å². The summed E-state index contributed by atoms with van der Waals surface area (Å²) in [5, 5.41) is 16.3. The highest BCUT2D eigenvalue weighted by Crippen LogP contribution is 2.23. The molecule has 0 atom stereocenters. The number of rotatable bonds is 1. The van der Waals surface area contributed by atoms with Gasteiger partial charge in [0.2, 0.25) is 5.88 Å². The van der Waals surface area contributed by atoms with Crippen LogP contribution in [-0.4, -0.2) is 17.3 Å². The van der Waals surface area contributed by atoms with Gasteiger partial charge in [0.1, 0.15) is 6.07 Å². The summed E-state index contributed by atoms with van der Waals surface area (Å²) < 4.78 is 5.02. The number of aromatic nitrogens is 2. The zero-order valence-electron chi connectivity index (χ0n) is 7.03. The lowest BCUT2D eigenvalue weighted by Crippen LogP contribution is -1.81. The summed E-state index contributed by atoms with van der Waals surface area (Å²) in [6.45, 7) is 0. The summed E-state index contributed by atoms with van der Waals surface area (Å²) in [7, 11) is 1.55. The van der Waals surface area contributed by atoms with Crippen molar-refractivity contribution in [3.63, 3.8) is 0 Å². The Morgan fingerprint density at radius 1 is 1.54 bits per heavy atom. The van der Waals surface area contributed by atoms with Gasteiger partial charge in [-0.25, -0.2) is 0 Å². The molecule has 64 valence electrons. The van der Waals surface area contributed by atoms with Gasteiger partial charge in [0.15, 0.2) is 0 Å². The Balaban J connectivity index is 2.81. The van der Waals surface area contributed by atoms with Crippen LogP contribution < -0.4 is 4.74 Å². The molecule has 4 nitrogen and oxygen atoms in total. The molecule has 13 heavy (non-hydrogen) atoms. The van der Waals surface area contributed by atoms with Crippen LogP contribution in [0.3, 0.4) is 0 Å². The number of hydrogen-bond donors (Lipinski definition) is 1. The molecule has 0 unspecified atom stereocenters. The van der Waals surface area contributed by atoms with Crippen molar-refractivity contribution in [2.24, 2.45) is 0 Å². The van der Waals surface area contributed by atoms with Crippen LogP contribution in [0.25, 0.3) is 10.9 Å². The predicted molar refractivity (Wildman–Crippen MR) is 47.4 cm³/mol. The van der Waals surface area contributed by atoms with Gasteiger partial charge in [0, 0.05) is 0 Å². The van der Waals surface area contributed by atoms with Gasteiger partial charge in [-0.15, -0.1) is 5.10 Å². The summed E-state index contributed by atoms with van der Waals surface area (Å²) in [5.41, 5.74) is 1.30. The molecule has 1 aromatic heterocycles. The van der Waals surface area contributed by atoms with Crippen molar-refractivity contribution in [2.75, 3.05) is 7.11 Å². The molecule has 2 rings (SSSR count). The first-order chi connectivity index (χ1) is 6.36. The topological polar surface area (TPSA) is 61.7 Å². The van der Waals surface area contributed by atoms with E-state index >= 15 is 0 Å². The second-order valence-electron chi connectivity index (χ2n) is 2.57. The number of fused-ring (bicyclic) bond motifs is 1. The van der Waals surface area contributed by atoms with Gasteiger partial charge in [0.25, 0.3) is 0 Å². The second kappa shape index (κ2) is 2.79. The average Bonchev–Trinajstić information content (AvgIpc) is 2.60. The minimum absolute atomic E-state index is 0.520. The molecule has 0 radical (unpaired) electrons. The Morgan fingerprint density at radius 3 is 3.08 bits per heavy atom. The van der Waals surface area contributed by atoms with E-state index in [1.165, 1.54) is 0 Å². The van der Waals surface area contributed by atoms with Crippen molar-refractivity contribution in [1.29, 1.82) is 5.26 Å². The van der Waals surface area contributed by atoms with Crippen molar-refractivity contribution in [1.82, 2.24) is 10.2 Å². The smallest absolute Gasteiger partial charge is 0.240 e. The van der Waals surface area contributed by atoms with Gasteiger partial charge in [-0.3, -0.25) is 5.10 Å². The first-order valence-corrected chi connectivity index (χ1v) is 3.78. The van der Waals surface area contributed by atoms with E-state index in [1.54, 1.807) is 19.2 Å². The van der Waals surface area contributed by atoms with Crippen molar-refractivity contribution in [3.05, 3.63) is 23.8 Å². The Labute approximate surface area is 74.7 Å². The van der Waals surface area contributed by atoms with Crippen LogP contribution in [0.5, 0.6) is 5.88 Å². The normalized spacial score (nSPS) is 9.85.